The van der Waals surface area contributed by atoms with Gasteiger partial charge in [0.1, 0.15) is 30.2 Å². The quantitative estimate of drug-likeness (QED) is 0.226. The number of esters is 1. The molecule has 0 amide bonds. The highest BCUT2D eigenvalue weighted by atomic mass is 19.1. The topological polar surface area (TPSA) is 123 Å². The van der Waals surface area contributed by atoms with E-state index in [1.165, 1.54) is 6.07 Å². The Morgan fingerprint density at radius 2 is 1.64 bits per heavy atom. The summed E-state index contributed by atoms with van der Waals surface area (Å²) in [5.41, 5.74) is 1.94. The number of fused-ring (bicyclic) bond motifs is 5. The van der Waals surface area contributed by atoms with Crippen LogP contribution in [-0.2, 0) is 47.5 Å². The van der Waals surface area contributed by atoms with Gasteiger partial charge in [-0.1, -0.05) is 32.1 Å². The molecule has 6 aliphatic rings. The van der Waals surface area contributed by atoms with Gasteiger partial charge in [0.2, 0.25) is 0 Å². The number of cyclic esters (lactones) is 1. The van der Waals surface area contributed by atoms with Crippen molar-refractivity contribution in [2.75, 3.05) is 40.7 Å². The van der Waals surface area contributed by atoms with E-state index in [0.717, 1.165) is 44.1 Å². The highest BCUT2D eigenvalue weighted by Crippen LogP contribution is 2.57. The van der Waals surface area contributed by atoms with Crippen LogP contribution in [0.2, 0.25) is 0 Å². The zero-order chi connectivity index (χ0) is 43.7. The van der Waals surface area contributed by atoms with Crippen LogP contribution in [0, 0.1) is 48.2 Å². The number of hydrogen-bond donors (Lipinski definition) is 1. The zero-order valence-corrected chi connectivity index (χ0v) is 38.2. The molecule has 1 aromatic rings. The molecule has 3 heterocycles. The van der Waals surface area contributed by atoms with Crippen LogP contribution >= 0.6 is 0 Å². The normalized spacial score (nSPS) is 42.1. The van der Waals surface area contributed by atoms with Gasteiger partial charge in [0.15, 0.2) is 18.4 Å². The second-order valence-electron chi connectivity index (χ2n) is 19.1. The van der Waals surface area contributed by atoms with Crippen LogP contribution in [0.3, 0.4) is 0 Å². The van der Waals surface area contributed by atoms with Crippen molar-refractivity contribution < 1.29 is 51.9 Å². The molecule has 3 aliphatic carbocycles. The summed E-state index contributed by atoms with van der Waals surface area (Å²) in [5, 5.41) is 3.67. The van der Waals surface area contributed by atoms with Crippen LogP contribution in [0.15, 0.2) is 29.8 Å². The zero-order valence-electron chi connectivity index (χ0n) is 38.2. The number of likely N-dealkylation sites (N-methyl/N-ethyl adjacent to an activating group) is 1. The molecule has 0 radical (unpaired) electrons. The first-order valence-electron chi connectivity index (χ1n) is 23.1. The van der Waals surface area contributed by atoms with Gasteiger partial charge < -0.3 is 48.1 Å². The van der Waals surface area contributed by atoms with Crippen molar-refractivity contribution in [2.45, 2.75) is 172 Å². The largest absolute Gasteiger partial charge is 0.462 e. The van der Waals surface area contributed by atoms with Crippen molar-refractivity contribution in [1.82, 2.24) is 4.90 Å². The molecule has 4 unspecified atom stereocenters. The average molecular weight is 857 g/mol. The molecule has 342 valence electrons. The van der Waals surface area contributed by atoms with Crippen molar-refractivity contribution in [3.8, 4) is 0 Å². The van der Waals surface area contributed by atoms with Crippen molar-refractivity contribution >= 4 is 17.4 Å². The third kappa shape index (κ3) is 9.79. The molecule has 1 aromatic carbocycles. The smallest absolute Gasteiger partial charge is 0.306 e. The minimum absolute atomic E-state index is 0.00763. The lowest BCUT2D eigenvalue weighted by Crippen LogP contribution is -2.59. The van der Waals surface area contributed by atoms with Crippen molar-refractivity contribution in [2.24, 2.45) is 35.5 Å². The van der Waals surface area contributed by atoms with Crippen LogP contribution in [-0.4, -0.2) is 126 Å². The number of methoxy groups -OCH3 is 3. The second-order valence-corrected chi connectivity index (χ2v) is 19.1. The third-order valence-electron chi connectivity index (χ3n) is 15.3. The molecule has 7 rings (SSSR count). The molecule has 1 N–H and O–H groups in total. The Morgan fingerprint density at radius 3 is 2.31 bits per heavy atom. The predicted octanol–water partition coefficient (Wildman–Crippen LogP) is 7.25. The van der Waals surface area contributed by atoms with E-state index in [2.05, 4.69) is 44.2 Å². The number of rotatable bonds is 11. The first-order chi connectivity index (χ1) is 29.3. The van der Waals surface area contributed by atoms with E-state index in [-0.39, 0.29) is 96.4 Å². The lowest BCUT2D eigenvalue weighted by Gasteiger charge is -2.45. The van der Waals surface area contributed by atoms with E-state index in [0.29, 0.717) is 36.6 Å². The summed E-state index contributed by atoms with van der Waals surface area (Å²) >= 11 is 0. The number of carbonyl (C=O) groups excluding carboxylic acids is 2. The fourth-order valence-corrected chi connectivity index (χ4v) is 12.2. The Hall–Kier alpha value is -2.49. The maximum atomic E-state index is 15.7. The second kappa shape index (κ2) is 20.1. The Labute approximate surface area is 363 Å². The minimum Gasteiger partial charge on any atom is -0.462 e. The number of allylic oxidation sites excluding steroid dienone is 2. The van der Waals surface area contributed by atoms with Crippen LogP contribution in [0.5, 0.6) is 0 Å². The first-order valence-corrected chi connectivity index (χ1v) is 23.1. The molecule has 61 heavy (non-hydrogen) atoms. The standard InChI is InChI=1S/C48H73FN2O10/c1-11-30-15-13-17-39(61-41-19-18-38(51(6)7)27(4)57-41)26(3)44(53)35-23-33-32-22-31(60-48-47(56-10)46(55-9)45(54-8)28(5)58-48)20-29(32)21-37(42(33)34(35)24-40(52)59-30)50-43-25(2)14-12-16-36(43)49/h12,14,16,23,26-34,37-39,41-42,45-48,50H,11,13,15,17-22,24H2,1-10H3/t26-,27?,28?,29+,30+,31-,32-,33+,34-,37+,38+,39+,41+,42-,45+,46?,47?,48+/m1/s1. The number of aryl methyl sites for hydroxylation is 1. The highest BCUT2D eigenvalue weighted by molar-refractivity contribution is 5.99. The predicted molar refractivity (Wildman–Crippen MR) is 228 cm³/mol. The lowest BCUT2D eigenvalue weighted by molar-refractivity contribution is -0.314. The number of nitrogens with zero attached hydrogens (tertiary/aromatic N) is 1. The number of benzene rings is 1. The number of Topliss-reactive ketones (excluding diaryl/α,β-unsaturated/α-hetero) is 1. The number of carbonyl (C=O) groups is 2. The summed E-state index contributed by atoms with van der Waals surface area (Å²) < 4.78 is 65.9. The molecular formula is C48H73FN2O10. The Balaban J connectivity index is 1.21. The van der Waals surface area contributed by atoms with E-state index < -0.39 is 30.5 Å². The number of ketones is 1. The summed E-state index contributed by atoms with van der Waals surface area (Å²) in [6.07, 6.45) is 5.65. The van der Waals surface area contributed by atoms with Gasteiger partial charge in [0.05, 0.1) is 36.5 Å². The molecule has 12 nitrogen and oxygen atoms in total. The van der Waals surface area contributed by atoms with E-state index in [9.17, 15) is 4.79 Å². The molecule has 2 saturated carbocycles. The molecule has 0 bridgehead atoms. The van der Waals surface area contributed by atoms with Gasteiger partial charge in [-0.25, -0.2) is 4.39 Å². The van der Waals surface area contributed by atoms with E-state index in [4.69, 9.17) is 37.9 Å². The molecule has 5 fully saturated rings. The summed E-state index contributed by atoms with van der Waals surface area (Å²) in [6.45, 7) is 10.00. The van der Waals surface area contributed by atoms with E-state index in [1.807, 2.05) is 26.8 Å². The molecule has 13 heteroatoms. The van der Waals surface area contributed by atoms with E-state index in [1.54, 1.807) is 27.4 Å². The Kier molecular flexibility index (Phi) is 15.3. The maximum absolute atomic E-state index is 15.7. The van der Waals surface area contributed by atoms with Gasteiger partial charge >= 0.3 is 5.97 Å². The monoisotopic (exact) mass is 857 g/mol. The fourth-order valence-electron chi connectivity index (χ4n) is 12.2. The number of para-hydroxylation sites is 1. The lowest BCUT2D eigenvalue weighted by atomic mass is 9.63. The van der Waals surface area contributed by atoms with Gasteiger partial charge in [0, 0.05) is 45.2 Å². The molecular weight excluding hydrogens is 784 g/mol. The fraction of sp³-hybridized carbons (Fsp3) is 0.792. The Morgan fingerprint density at radius 1 is 0.885 bits per heavy atom. The van der Waals surface area contributed by atoms with Gasteiger partial charge in [-0.3, -0.25) is 9.59 Å². The van der Waals surface area contributed by atoms with Crippen molar-refractivity contribution in [1.29, 1.82) is 0 Å². The maximum Gasteiger partial charge on any atom is 0.306 e. The summed E-state index contributed by atoms with van der Waals surface area (Å²) in [7, 11) is 9.09. The number of hydrogen-bond acceptors (Lipinski definition) is 12. The minimum atomic E-state index is -0.672. The molecule has 3 saturated heterocycles. The van der Waals surface area contributed by atoms with Crippen LogP contribution in [0.25, 0.3) is 0 Å². The number of nitrogens with one attached hydrogen (secondary N) is 1. The number of halogens is 1. The summed E-state index contributed by atoms with van der Waals surface area (Å²) in [5.74, 6) is -1.35. The number of anilines is 1. The van der Waals surface area contributed by atoms with Crippen LogP contribution in [0.4, 0.5) is 10.1 Å². The molecule has 3 aliphatic heterocycles. The average Bonchev–Trinajstić information content (AvgIpc) is 3.81. The summed E-state index contributed by atoms with van der Waals surface area (Å²) in [6, 6.07) is 5.19. The third-order valence-corrected chi connectivity index (χ3v) is 15.3. The van der Waals surface area contributed by atoms with Crippen LogP contribution < -0.4 is 5.32 Å². The van der Waals surface area contributed by atoms with Gasteiger partial charge in [-0.05, 0) is 134 Å². The molecule has 0 aromatic heterocycles. The van der Waals surface area contributed by atoms with Gasteiger partial charge in [-0.2, -0.15) is 0 Å². The molecule has 18 atom stereocenters. The van der Waals surface area contributed by atoms with Crippen LogP contribution in [0.1, 0.15) is 97.5 Å². The van der Waals surface area contributed by atoms with E-state index >= 15 is 9.18 Å². The van der Waals surface area contributed by atoms with Crippen molar-refractivity contribution in [3.05, 3.63) is 41.2 Å². The first kappa shape index (κ1) is 46.5. The number of ether oxygens (including phenoxy) is 8. The van der Waals surface area contributed by atoms with Crippen molar-refractivity contribution in [3.63, 3.8) is 0 Å². The van der Waals surface area contributed by atoms with Gasteiger partial charge in [-0.15, -0.1) is 0 Å². The molecule has 0 spiro atoms. The SMILES string of the molecule is CC[C@H]1CCC[C@H](O[C@H]2CC[C@H](N(C)C)C(C)O2)[C@@H](C)C(=O)C2=C[C@H]3[C@@H]4C[C@H](O[C@@H]5OC(C)[C@H](OC)C(OC)C5OC)C[C@H]4C[C@H](Nc4c(C)cccc4F)[C@H]3[C@@H]2CC(=O)O1. The summed E-state index contributed by atoms with van der Waals surface area (Å²) in [4.78, 5) is 31.4. The highest BCUT2D eigenvalue weighted by Gasteiger charge is 2.57. The Bertz CT molecular complexity index is 1670. The van der Waals surface area contributed by atoms with Gasteiger partial charge in [0.25, 0.3) is 0 Å².